The van der Waals surface area contributed by atoms with Crippen molar-refractivity contribution in [3.63, 3.8) is 0 Å². The lowest BCUT2D eigenvalue weighted by molar-refractivity contribution is -0.134. The average Bonchev–Trinajstić information content (AvgIpc) is 2.34. The first-order valence-electron chi connectivity index (χ1n) is 5.66. The monoisotopic (exact) mass is 219 g/mol. The normalized spacial score (nSPS) is 23.5. The summed E-state index contributed by atoms with van der Waals surface area (Å²) in [5.74, 6) is 0.954. The summed E-state index contributed by atoms with van der Waals surface area (Å²) in [6.07, 6.45) is 1.90. The molecule has 0 unspecified atom stereocenters. The molecular weight excluding hydrogens is 202 g/mol. The zero-order valence-corrected chi connectivity index (χ0v) is 9.75. The van der Waals surface area contributed by atoms with E-state index in [9.17, 15) is 4.79 Å². The Balaban J connectivity index is 2.35. The fraction of sp³-hybridized carbons (Fsp3) is 0.462. The minimum atomic E-state index is -0.316. The van der Waals surface area contributed by atoms with Crippen LogP contribution in [-0.2, 0) is 10.2 Å². The largest absolute Gasteiger partial charge is 0.497 e. The standard InChI is InChI=1S/C13H17NO2/c1-3-7-13(9-14-12(13)15)10-5-4-6-11(8-10)16-2/h4-6,8H,3,7,9H2,1-2H3,(H,14,15)/t13-/m1/s1. The van der Waals surface area contributed by atoms with Crippen LogP contribution in [0.1, 0.15) is 25.3 Å². The molecule has 0 radical (unpaired) electrons. The fourth-order valence-corrected chi connectivity index (χ4v) is 2.30. The van der Waals surface area contributed by atoms with E-state index < -0.39 is 0 Å². The van der Waals surface area contributed by atoms with E-state index in [-0.39, 0.29) is 11.3 Å². The Kier molecular flexibility index (Phi) is 2.86. The number of ether oxygens (including phenoxy) is 1. The minimum absolute atomic E-state index is 0.141. The molecule has 3 nitrogen and oxygen atoms in total. The third-order valence-corrected chi connectivity index (χ3v) is 3.28. The Hall–Kier alpha value is -1.51. The van der Waals surface area contributed by atoms with Gasteiger partial charge in [0.15, 0.2) is 0 Å². The van der Waals surface area contributed by atoms with E-state index >= 15 is 0 Å². The number of carbonyl (C=O) groups excluding carboxylic acids is 1. The summed E-state index contributed by atoms with van der Waals surface area (Å²) in [7, 11) is 1.65. The molecule has 0 aromatic heterocycles. The van der Waals surface area contributed by atoms with Gasteiger partial charge in [0, 0.05) is 6.54 Å². The number of carbonyl (C=O) groups is 1. The van der Waals surface area contributed by atoms with Gasteiger partial charge >= 0.3 is 0 Å². The van der Waals surface area contributed by atoms with Gasteiger partial charge in [-0.2, -0.15) is 0 Å². The SMILES string of the molecule is CCC[C@]1(c2cccc(OC)c2)CNC1=O. The zero-order valence-electron chi connectivity index (χ0n) is 9.75. The summed E-state index contributed by atoms with van der Waals surface area (Å²) in [6.45, 7) is 2.85. The number of rotatable bonds is 4. The van der Waals surface area contributed by atoms with Crippen LogP contribution in [0, 0.1) is 0 Å². The van der Waals surface area contributed by atoms with Gasteiger partial charge in [-0.1, -0.05) is 25.5 Å². The van der Waals surface area contributed by atoms with E-state index in [0.717, 1.165) is 30.7 Å². The molecular formula is C13H17NO2. The Morgan fingerprint density at radius 2 is 2.31 bits per heavy atom. The van der Waals surface area contributed by atoms with Gasteiger partial charge in [-0.3, -0.25) is 4.79 Å². The van der Waals surface area contributed by atoms with E-state index in [1.165, 1.54) is 0 Å². The Bertz CT molecular complexity index is 403. The van der Waals surface area contributed by atoms with Crippen molar-refractivity contribution >= 4 is 5.91 Å². The topological polar surface area (TPSA) is 38.3 Å². The van der Waals surface area contributed by atoms with Gasteiger partial charge in [-0.05, 0) is 24.1 Å². The van der Waals surface area contributed by atoms with Crippen molar-refractivity contribution in [1.82, 2.24) is 5.32 Å². The van der Waals surface area contributed by atoms with Crippen LogP contribution in [0.25, 0.3) is 0 Å². The Labute approximate surface area is 95.8 Å². The summed E-state index contributed by atoms with van der Waals surface area (Å²) < 4.78 is 5.20. The fourth-order valence-electron chi connectivity index (χ4n) is 2.30. The van der Waals surface area contributed by atoms with Crippen LogP contribution in [-0.4, -0.2) is 19.6 Å². The van der Waals surface area contributed by atoms with Crippen LogP contribution >= 0.6 is 0 Å². The highest BCUT2D eigenvalue weighted by Gasteiger charge is 2.46. The molecule has 1 atom stereocenters. The van der Waals surface area contributed by atoms with E-state index in [4.69, 9.17) is 4.74 Å². The molecule has 1 aromatic carbocycles. The smallest absolute Gasteiger partial charge is 0.232 e. The van der Waals surface area contributed by atoms with Crippen molar-refractivity contribution in [3.05, 3.63) is 29.8 Å². The third-order valence-electron chi connectivity index (χ3n) is 3.28. The first kappa shape index (κ1) is 11.0. The van der Waals surface area contributed by atoms with Gasteiger partial charge in [0.25, 0.3) is 0 Å². The predicted octanol–water partition coefficient (Wildman–Crippen LogP) is 1.86. The molecule has 1 aromatic rings. The minimum Gasteiger partial charge on any atom is -0.497 e. The molecule has 86 valence electrons. The molecule has 3 heteroatoms. The molecule has 1 aliphatic rings. The molecule has 1 saturated heterocycles. The van der Waals surface area contributed by atoms with Crippen LogP contribution in [0.2, 0.25) is 0 Å². The highest BCUT2D eigenvalue weighted by Crippen LogP contribution is 2.35. The van der Waals surface area contributed by atoms with Gasteiger partial charge in [-0.15, -0.1) is 0 Å². The van der Waals surface area contributed by atoms with Crippen molar-refractivity contribution < 1.29 is 9.53 Å². The average molecular weight is 219 g/mol. The molecule has 0 bridgehead atoms. The lowest BCUT2D eigenvalue weighted by atomic mass is 9.71. The molecule has 1 fully saturated rings. The lowest BCUT2D eigenvalue weighted by Gasteiger charge is -2.41. The van der Waals surface area contributed by atoms with E-state index in [0.29, 0.717) is 0 Å². The maximum absolute atomic E-state index is 11.8. The van der Waals surface area contributed by atoms with Crippen molar-refractivity contribution in [2.24, 2.45) is 0 Å². The lowest BCUT2D eigenvalue weighted by Crippen LogP contribution is -2.62. The molecule has 1 aliphatic heterocycles. The summed E-state index contributed by atoms with van der Waals surface area (Å²) in [5, 5.41) is 2.84. The van der Waals surface area contributed by atoms with E-state index in [1.807, 2.05) is 24.3 Å². The zero-order chi connectivity index (χ0) is 11.6. The number of nitrogens with one attached hydrogen (secondary N) is 1. The molecule has 1 N–H and O–H groups in total. The first-order chi connectivity index (χ1) is 7.73. The number of benzene rings is 1. The summed E-state index contributed by atoms with van der Waals surface area (Å²) in [5.41, 5.74) is 0.751. The molecule has 16 heavy (non-hydrogen) atoms. The molecule has 0 aliphatic carbocycles. The maximum atomic E-state index is 11.8. The molecule has 2 rings (SSSR count). The quantitative estimate of drug-likeness (QED) is 0.785. The van der Waals surface area contributed by atoms with Gasteiger partial charge in [0.05, 0.1) is 12.5 Å². The van der Waals surface area contributed by atoms with Crippen molar-refractivity contribution in [3.8, 4) is 5.75 Å². The molecule has 1 amide bonds. The van der Waals surface area contributed by atoms with Gasteiger partial charge in [0.2, 0.25) is 5.91 Å². The molecule has 0 saturated carbocycles. The Morgan fingerprint density at radius 1 is 1.50 bits per heavy atom. The maximum Gasteiger partial charge on any atom is 0.232 e. The Morgan fingerprint density at radius 3 is 2.81 bits per heavy atom. The second kappa shape index (κ2) is 4.16. The van der Waals surface area contributed by atoms with Crippen molar-refractivity contribution in [2.75, 3.05) is 13.7 Å². The first-order valence-corrected chi connectivity index (χ1v) is 5.66. The molecule has 0 spiro atoms. The van der Waals surface area contributed by atoms with Crippen LogP contribution < -0.4 is 10.1 Å². The van der Waals surface area contributed by atoms with Gasteiger partial charge in [-0.25, -0.2) is 0 Å². The number of hydrogen-bond acceptors (Lipinski definition) is 2. The second-order valence-corrected chi connectivity index (χ2v) is 4.25. The van der Waals surface area contributed by atoms with Crippen LogP contribution in [0.3, 0.4) is 0 Å². The van der Waals surface area contributed by atoms with Crippen molar-refractivity contribution in [1.29, 1.82) is 0 Å². The molecule has 1 heterocycles. The van der Waals surface area contributed by atoms with Crippen LogP contribution in [0.5, 0.6) is 5.75 Å². The van der Waals surface area contributed by atoms with E-state index in [2.05, 4.69) is 12.2 Å². The predicted molar refractivity (Wildman–Crippen MR) is 62.6 cm³/mol. The van der Waals surface area contributed by atoms with Gasteiger partial charge < -0.3 is 10.1 Å². The van der Waals surface area contributed by atoms with Crippen LogP contribution in [0.15, 0.2) is 24.3 Å². The number of methoxy groups -OCH3 is 1. The summed E-state index contributed by atoms with van der Waals surface area (Å²) in [4.78, 5) is 11.8. The highest BCUT2D eigenvalue weighted by atomic mass is 16.5. The number of hydrogen-bond donors (Lipinski definition) is 1. The number of amides is 1. The summed E-state index contributed by atoms with van der Waals surface area (Å²) >= 11 is 0. The van der Waals surface area contributed by atoms with Crippen molar-refractivity contribution in [2.45, 2.75) is 25.2 Å². The second-order valence-electron chi connectivity index (χ2n) is 4.25. The van der Waals surface area contributed by atoms with Gasteiger partial charge in [0.1, 0.15) is 5.75 Å². The van der Waals surface area contributed by atoms with E-state index in [1.54, 1.807) is 7.11 Å². The van der Waals surface area contributed by atoms with Crippen LogP contribution in [0.4, 0.5) is 0 Å². The summed E-state index contributed by atoms with van der Waals surface area (Å²) in [6, 6.07) is 7.82. The third kappa shape index (κ3) is 1.56. The highest BCUT2D eigenvalue weighted by molar-refractivity contribution is 5.94. The number of β-lactam (4-membered cyclic amide) rings is 1.